The van der Waals surface area contributed by atoms with Gasteiger partial charge in [0.1, 0.15) is 0 Å². The van der Waals surface area contributed by atoms with Gasteiger partial charge in [-0.1, -0.05) is 43.2 Å². The summed E-state index contributed by atoms with van der Waals surface area (Å²) in [6.45, 7) is 0. The number of rotatable bonds is 13. The van der Waals surface area contributed by atoms with Gasteiger partial charge in [0.05, 0.1) is 0 Å². The third-order valence-corrected chi connectivity index (χ3v) is 14.7. The first-order valence-electron chi connectivity index (χ1n) is 12.8. The van der Waals surface area contributed by atoms with Crippen LogP contribution in [0.4, 0.5) is 0 Å². The SMILES string of the molecule is CSC[C@H]1CC[C@@H](CSSC[C@H]2CC[C@@H](CSSC[C@H]3CC[C@@H](CS)CC3)CC2)CC1. The van der Waals surface area contributed by atoms with E-state index >= 15 is 0 Å². The van der Waals surface area contributed by atoms with Crippen LogP contribution in [0.2, 0.25) is 0 Å². The van der Waals surface area contributed by atoms with Gasteiger partial charge in [0.25, 0.3) is 0 Å². The Morgan fingerprint density at radius 3 is 0.968 bits per heavy atom. The lowest BCUT2D eigenvalue weighted by Crippen LogP contribution is -2.18. The van der Waals surface area contributed by atoms with E-state index in [-0.39, 0.29) is 0 Å². The predicted molar refractivity (Wildman–Crippen MR) is 158 cm³/mol. The minimum atomic E-state index is 0.911. The van der Waals surface area contributed by atoms with E-state index in [1.807, 2.05) is 11.8 Å². The molecule has 0 saturated heterocycles. The van der Waals surface area contributed by atoms with E-state index in [2.05, 4.69) is 62.1 Å². The molecule has 0 nitrogen and oxygen atoms in total. The molecule has 0 aromatic carbocycles. The summed E-state index contributed by atoms with van der Waals surface area (Å²) in [6, 6.07) is 0. The maximum absolute atomic E-state index is 4.49. The van der Waals surface area contributed by atoms with Crippen molar-refractivity contribution < 1.29 is 0 Å². The zero-order chi connectivity index (χ0) is 21.7. The molecule has 3 saturated carbocycles. The highest BCUT2D eigenvalue weighted by Crippen LogP contribution is 2.40. The van der Waals surface area contributed by atoms with Crippen molar-refractivity contribution in [3.8, 4) is 0 Å². The zero-order valence-corrected chi connectivity index (χ0v) is 24.7. The van der Waals surface area contributed by atoms with Crippen molar-refractivity contribution in [3.63, 3.8) is 0 Å². The molecule has 0 N–H and O–H groups in total. The lowest BCUT2D eigenvalue weighted by molar-refractivity contribution is 0.315. The Hall–Kier alpha value is 2.10. The second-order valence-corrected chi connectivity index (χ2v) is 16.8. The summed E-state index contributed by atoms with van der Waals surface area (Å²) in [5.74, 6) is 14.1. The minimum Gasteiger partial charge on any atom is -0.179 e. The molecule has 0 heterocycles. The maximum atomic E-state index is 4.49. The van der Waals surface area contributed by atoms with Crippen molar-refractivity contribution in [3.05, 3.63) is 0 Å². The molecule has 0 amide bonds. The number of hydrogen-bond acceptors (Lipinski definition) is 6. The van der Waals surface area contributed by atoms with E-state index in [9.17, 15) is 0 Å². The Morgan fingerprint density at radius 2 is 0.710 bits per heavy atom. The van der Waals surface area contributed by atoms with Crippen LogP contribution in [0, 0.1) is 35.5 Å². The Balaban J connectivity index is 1.13. The molecule has 3 rings (SSSR count). The molecule has 3 aliphatic rings. The van der Waals surface area contributed by atoms with Crippen molar-refractivity contribution in [1.82, 2.24) is 0 Å². The van der Waals surface area contributed by atoms with Gasteiger partial charge in [-0.05, 0) is 130 Å². The highest BCUT2D eigenvalue weighted by atomic mass is 33.1. The molecule has 6 heteroatoms. The predicted octanol–water partition coefficient (Wildman–Crippen LogP) is 9.46. The molecule has 0 spiro atoms. The third-order valence-electron chi connectivity index (χ3n) is 7.94. The standard InChI is InChI=1S/C25H46S6/c1-27-15-21-6-8-23(9-7-21)17-29-31-19-25-12-10-24(11-13-25)18-30-28-16-22-4-2-20(14-26)3-5-22/h20-26H,2-19H2,1H3/t20-,21-,22+,23+,24-,25+. The van der Waals surface area contributed by atoms with Crippen LogP contribution < -0.4 is 0 Å². The first kappa shape index (κ1) is 27.7. The lowest BCUT2D eigenvalue weighted by atomic mass is 9.84. The Morgan fingerprint density at radius 1 is 0.452 bits per heavy atom. The molecule has 0 aromatic rings. The van der Waals surface area contributed by atoms with E-state index in [1.54, 1.807) is 0 Å². The van der Waals surface area contributed by atoms with Gasteiger partial charge in [-0.2, -0.15) is 24.4 Å². The summed E-state index contributed by atoms with van der Waals surface area (Å²) in [5, 5.41) is 0. The third kappa shape index (κ3) is 11.1. The van der Waals surface area contributed by atoms with Gasteiger partial charge >= 0.3 is 0 Å². The topological polar surface area (TPSA) is 0 Å². The van der Waals surface area contributed by atoms with E-state index in [1.165, 1.54) is 106 Å². The molecular formula is C25H46S6. The average molecular weight is 539 g/mol. The number of thioether (sulfide) groups is 1. The summed E-state index contributed by atoms with van der Waals surface area (Å²) in [4.78, 5) is 0. The quantitative estimate of drug-likeness (QED) is 0.140. The highest BCUT2D eigenvalue weighted by Gasteiger charge is 2.24. The van der Waals surface area contributed by atoms with Gasteiger partial charge in [0, 0.05) is 23.0 Å². The summed E-state index contributed by atoms with van der Waals surface area (Å²) in [7, 11) is 8.78. The number of thiol groups is 1. The molecular weight excluding hydrogens is 493 g/mol. The van der Waals surface area contributed by atoms with Crippen LogP contribution in [0.1, 0.15) is 77.0 Å². The maximum Gasteiger partial charge on any atom is 0.00653 e. The largest absolute Gasteiger partial charge is 0.179 e. The molecule has 3 aliphatic carbocycles. The minimum absolute atomic E-state index is 0.911. The summed E-state index contributed by atoms with van der Waals surface area (Å²) in [6.07, 6.45) is 20.0. The fraction of sp³-hybridized carbons (Fsp3) is 1.00. The van der Waals surface area contributed by atoms with Crippen LogP contribution in [0.25, 0.3) is 0 Å². The van der Waals surface area contributed by atoms with Gasteiger partial charge in [-0.3, -0.25) is 0 Å². The van der Waals surface area contributed by atoms with E-state index in [0.29, 0.717) is 0 Å². The van der Waals surface area contributed by atoms with Gasteiger partial charge in [0.15, 0.2) is 0 Å². The highest BCUT2D eigenvalue weighted by molar-refractivity contribution is 8.77. The van der Waals surface area contributed by atoms with E-state index in [4.69, 9.17) is 0 Å². The molecule has 0 aliphatic heterocycles. The summed E-state index contributed by atoms with van der Waals surface area (Å²) >= 11 is 6.53. The van der Waals surface area contributed by atoms with Crippen molar-refractivity contribution in [1.29, 1.82) is 0 Å². The van der Waals surface area contributed by atoms with Crippen molar-refractivity contribution in [2.75, 3.05) is 40.8 Å². The molecule has 31 heavy (non-hydrogen) atoms. The monoisotopic (exact) mass is 538 g/mol. The smallest absolute Gasteiger partial charge is 0.00653 e. The van der Waals surface area contributed by atoms with E-state index in [0.717, 1.165) is 41.3 Å². The van der Waals surface area contributed by atoms with Crippen LogP contribution in [0.5, 0.6) is 0 Å². The van der Waals surface area contributed by atoms with Gasteiger partial charge < -0.3 is 0 Å². The lowest BCUT2D eigenvalue weighted by Gasteiger charge is -2.29. The van der Waals surface area contributed by atoms with Crippen LogP contribution >= 0.6 is 67.6 Å². The molecule has 0 radical (unpaired) electrons. The normalized spacial score (nSPS) is 34.6. The summed E-state index contributed by atoms with van der Waals surface area (Å²) < 4.78 is 0. The van der Waals surface area contributed by atoms with Gasteiger partial charge in [-0.15, -0.1) is 0 Å². The molecule has 0 bridgehead atoms. The molecule has 3 fully saturated rings. The molecule has 0 aromatic heterocycles. The van der Waals surface area contributed by atoms with Crippen molar-refractivity contribution in [2.24, 2.45) is 35.5 Å². The van der Waals surface area contributed by atoms with Crippen molar-refractivity contribution in [2.45, 2.75) is 77.0 Å². The Labute approximate surface area is 219 Å². The van der Waals surface area contributed by atoms with Crippen LogP contribution in [-0.2, 0) is 0 Å². The average Bonchev–Trinajstić information content (AvgIpc) is 2.82. The zero-order valence-electron chi connectivity index (χ0n) is 19.7. The molecule has 0 unspecified atom stereocenters. The van der Waals surface area contributed by atoms with Crippen molar-refractivity contribution >= 4 is 67.6 Å². The fourth-order valence-electron chi connectivity index (χ4n) is 5.52. The molecule has 0 atom stereocenters. The van der Waals surface area contributed by atoms with Gasteiger partial charge in [-0.25, -0.2) is 0 Å². The second kappa shape index (κ2) is 16.7. The first-order chi connectivity index (χ1) is 15.3. The van der Waals surface area contributed by atoms with Crippen LogP contribution in [0.3, 0.4) is 0 Å². The first-order valence-corrected chi connectivity index (χ1v) is 19.9. The Kier molecular flexibility index (Phi) is 14.9. The Bertz CT molecular complexity index is 437. The van der Waals surface area contributed by atoms with Gasteiger partial charge in [0.2, 0.25) is 0 Å². The fourth-order valence-corrected chi connectivity index (χ4v) is 12.6. The number of hydrogen-bond donors (Lipinski definition) is 1. The van der Waals surface area contributed by atoms with Crippen LogP contribution in [-0.4, -0.2) is 40.8 Å². The second-order valence-electron chi connectivity index (χ2n) is 10.4. The van der Waals surface area contributed by atoms with E-state index < -0.39 is 0 Å². The molecule has 182 valence electrons. The summed E-state index contributed by atoms with van der Waals surface area (Å²) in [5.41, 5.74) is 0. The van der Waals surface area contributed by atoms with Crippen LogP contribution in [0.15, 0.2) is 0 Å².